The molecule has 25 nitrogen and oxygen atoms in total. The lowest BCUT2D eigenvalue weighted by Crippen LogP contribution is -2.49. The van der Waals surface area contributed by atoms with Gasteiger partial charge in [-0.3, -0.25) is 44.1 Å². The van der Waals surface area contributed by atoms with Gasteiger partial charge in [-0.15, -0.1) is 11.3 Å². The number of ketones is 4. The third-order valence-electron chi connectivity index (χ3n) is 28.1. The van der Waals surface area contributed by atoms with Crippen molar-refractivity contribution in [2.24, 2.45) is 52.5 Å². The molecule has 4 aliphatic carbocycles. The van der Waals surface area contributed by atoms with E-state index < -0.39 is 178 Å². The number of nitrogens with two attached hydrogens (primary N) is 5. The summed E-state index contributed by atoms with van der Waals surface area (Å²) < 4.78 is 236. The summed E-state index contributed by atoms with van der Waals surface area (Å²) in [6.45, 7) is 7.79. The van der Waals surface area contributed by atoms with E-state index in [2.05, 4.69) is 51.8 Å². The molecule has 4 aromatic carbocycles. The number of pyridine rings is 8. The van der Waals surface area contributed by atoms with Gasteiger partial charge in [0.05, 0.1) is 50.8 Å². The monoisotopic (exact) mass is 2110 g/mol. The van der Waals surface area contributed by atoms with Crippen LogP contribution in [0.1, 0.15) is 195 Å². The molecular weight excluding hydrogens is 2010 g/mol. The maximum absolute atomic E-state index is 14.6. The van der Waals surface area contributed by atoms with Gasteiger partial charge >= 0.3 is 0 Å². The van der Waals surface area contributed by atoms with E-state index in [4.69, 9.17) is 33.4 Å². The maximum atomic E-state index is 14.6. The number of hydrogen-bond acceptors (Lipinski definition) is 26. The number of anilines is 1. The average molecular weight is 2120 g/mol. The molecule has 148 heavy (non-hydrogen) atoms. The van der Waals surface area contributed by atoms with Crippen molar-refractivity contribution >= 4 is 69.7 Å². The zero-order valence-corrected chi connectivity index (χ0v) is 84.9. The van der Waals surface area contributed by atoms with E-state index in [9.17, 15) is 92.7 Å². The Morgan fingerprint density at radius 1 is 0.365 bits per heavy atom. The van der Waals surface area contributed by atoms with E-state index in [0.717, 1.165) is 143 Å². The van der Waals surface area contributed by atoms with E-state index in [1.807, 2.05) is 51.1 Å². The Morgan fingerprint density at radius 3 is 1.06 bits per heavy atom. The van der Waals surface area contributed by atoms with Crippen molar-refractivity contribution in [3.8, 4) is 50.1 Å². The number of nitrogen functional groups attached to an aromatic ring is 1. The number of sulfone groups is 3. The lowest BCUT2D eigenvalue weighted by Gasteiger charge is -2.39. The van der Waals surface area contributed by atoms with Crippen molar-refractivity contribution in [1.82, 2.24) is 44.9 Å². The molecule has 4 fully saturated rings. The first-order chi connectivity index (χ1) is 70.1. The van der Waals surface area contributed by atoms with Crippen LogP contribution in [-0.2, 0) is 61.6 Å². The highest BCUT2D eigenvalue weighted by Gasteiger charge is 2.45. The highest BCUT2D eigenvalue weighted by atomic mass is 32.2. The van der Waals surface area contributed by atoms with Crippen molar-refractivity contribution < 1.29 is 97.5 Å². The summed E-state index contributed by atoms with van der Waals surface area (Å²) in [5.74, 6) is -12.4. The molecular formula is C108H109F11N14O11S4. The predicted octanol–water partition coefficient (Wildman–Crippen LogP) is 18.3. The number of aromatic nitrogens is 9. The third kappa shape index (κ3) is 25.7. The van der Waals surface area contributed by atoms with Crippen LogP contribution in [-0.4, -0.2) is 159 Å². The SMILES string of the molecule is COc1cc(F)c(-c2nc(C(=O)Cc3cnccc3[C@H]3C[C@@H](N)[C@@H](S(C)(=O)=O)[C@@H](C)C3)ccc2F)c(F)c1.C[C@@H]1C[C@H](c2ccncc2CC(=O)c2ccc(F)c(-c3c(F)cccc3F)n2)C[C@H](N)[C@@H]1Cc1ccccn1.C[C@H]1C[C@@H](c2ccncc2CC(=O)c2csc(-c3c(F)cccc3F)n2)C[C@@H](N)[C@H]1S(C)(=O)=O.C[C@H]1C[C@@H](c2ccncc2CC(=O)c2nc(-c3c(F)cccc3F)c(F)cc2N)C[C@@H](N)[C@H]1S(C)(=O)=O. The fourth-order valence-corrected chi connectivity index (χ4v) is 27.6. The first kappa shape index (κ1) is 111. The second-order valence-corrected chi connectivity index (χ2v) is 46.1. The Bertz CT molecular complexity index is 7370. The number of hydrogen-bond donors (Lipinski definition) is 5. The van der Waals surface area contributed by atoms with Crippen LogP contribution in [0, 0.1) is 93.6 Å². The Labute approximate surface area is 853 Å². The summed E-state index contributed by atoms with van der Waals surface area (Å²) in [5.41, 5.74) is 33.8. The van der Waals surface area contributed by atoms with Crippen molar-refractivity contribution in [2.75, 3.05) is 31.6 Å². The van der Waals surface area contributed by atoms with Crippen LogP contribution >= 0.6 is 11.3 Å². The third-order valence-corrected chi connectivity index (χ3v) is 34.3. The predicted molar refractivity (Wildman–Crippen MR) is 540 cm³/mol. The van der Waals surface area contributed by atoms with Crippen LogP contribution in [0.5, 0.6) is 5.75 Å². The van der Waals surface area contributed by atoms with Gasteiger partial charge in [0.15, 0.2) is 58.5 Å². The summed E-state index contributed by atoms with van der Waals surface area (Å²) in [4.78, 5) is 89.9. The lowest BCUT2D eigenvalue weighted by molar-refractivity contribution is 0.0979. The smallest absolute Gasteiger partial charge is 0.187 e. The van der Waals surface area contributed by atoms with Gasteiger partial charge in [-0.05, 0) is 253 Å². The number of nitrogens with zero attached hydrogens (tertiary/aromatic N) is 9. The topological polar surface area (TPSA) is 426 Å². The molecule has 4 saturated carbocycles. The van der Waals surface area contributed by atoms with Gasteiger partial charge in [-0.1, -0.05) is 52.0 Å². The van der Waals surface area contributed by atoms with Crippen molar-refractivity contribution in [3.63, 3.8) is 0 Å². The number of benzene rings is 4. The van der Waals surface area contributed by atoms with Crippen LogP contribution in [0.25, 0.3) is 44.3 Å². The molecule has 0 bridgehead atoms. The molecule has 17 rings (SSSR count). The number of rotatable bonds is 26. The fraction of sp³-hybridized carbons (Fsp3) is 0.343. The van der Waals surface area contributed by atoms with E-state index in [-0.39, 0.29) is 124 Å². The lowest BCUT2D eigenvalue weighted by atomic mass is 9.68. The molecule has 0 saturated heterocycles. The van der Waals surface area contributed by atoms with Crippen LogP contribution in [0.3, 0.4) is 0 Å². The van der Waals surface area contributed by atoms with E-state index in [1.54, 1.807) is 61.7 Å². The molecule has 16 atom stereocenters. The molecule has 0 radical (unpaired) electrons. The Morgan fingerprint density at radius 2 is 0.709 bits per heavy atom. The molecule has 10 N–H and O–H groups in total. The number of thiazole rings is 1. The van der Waals surface area contributed by atoms with Gasteiger partial charge in [0, 0.05) is 154 Å². The molecule has 0 aliphatic heterocycles. The molecule has 0 unspecified atom stereocenters. The largest absolute Gasteiger partial charge is 0.497 e. The van der Waals surface area contributed by atoms with Gasteiger partial charge in [0.1, 0.15) is 109 Å². The summed E-state index contributed by atoms with van der Waals surface area (Å²) in [6.07, 6.45) is 23.4. The van der Waals surface area contributed by atoms with Crippen LogP contribution in [0.2, 0.25) is 0 Å². The van der Waals surface area contributed by atoms with E-state index in [0.29, 0.717) is 67.1 Å². The van der Waals surface area contributed by atoms with Crippen LogP contribution in [0.15, 0.2) is 201 Å². The van der Waals surface area contributed by atoms with Gasteiger partial charge in [0.2, 0.25) is 0 Å². The maximum Gasteiger partial charge on any atom is 0.187 e. The Balaban J connectivity index is 0.000000156. The average Bonchev–Trinajstić information content (AvgIpc) is 0.813. The number of carbonyl (C=O) groups is 4. The molecule has 9 heterocycles. The van der Waals surface area contributed by atoms with Crippen molar-refractivity contribution in [1.29, 1.82) is 0 Å². The fourth-order valence-electron chi connectivity index (χ4n) is 21.7. The van der Waals surface area contributed by atoms with Crippen LogP contribution in [0.4, 0.5) is 54.0 Å². The minimum atomic E-state index is -3.33. The normalized spacial score (nSPS) is 22.0. The Kier molecular flexibility index (Phi) is 35.3. The molecule has 40 heteroatoms. The number of halogens is 11. The minimum absolute atomic E-state index is 0.00712. The minimum Gasteiger partial charge on any atom is -0.497 e. The molecule has 13 aromatic rings. The van der Waals surface area contributed by atoms with Gasteiger partial charge < -0.3 is 33.4 Å². The van der Waals surface area contributed by atoms with Crippen LogP contribution < -0.4 is 33.4 Å². The second-order valence-electron chi connectivity index (χ2n) is 38.6. The first-order valence-electron chi connectivity index (χ1n) is 47.6. The zero-order valence-electron chi connectivity index (χ0n) is 81.7. The van der Waals surface area contributed by atoms with Gasteiger partial charge in [-0.2, -0.15) is 0 Å². The van der Waals surface area contributed by atoms with E-state index in [1.165, 1.54) is 55.7 Å². The molecule has 4 aliphatic rings. The highest BCUT2D eigenvalue weighted by Crippen LogP contribution is 2.47. The molecule has 0 spiro atoms. The van der Waals surface area contributed by atoms with Gasteiger partial charge in [0.25, 0.3) is 0 Å². The first-order valence-corrected chi connectivity index (χ1v) is 54.3. The number of methoxy groups -OCH3 is 1. The summed E-state index contributed by atoms with van der Waals surface area (Å²) in [5, 5.41) is -0.302. The quantitative estimate of drug-likeness (QED) is 0.0248. The Hall–Kier alpha value is -13.1. The molecule has 9 aromatic heterocycles. The second kappa shape index (κ2) is 47.2. The standard InChI is InChI=1S/C31H29F3N4O.C27H28F3N3O4S.C26H27F3N4O3S.C24H25F2N3O3S2/c1-18-13-19(14-27(35)23(18)16-21-5-2-3-11-37-21)22-10-12-36-17-20(22)15-29(39)28-9-8-26(34)31(38-28)30-24(32)6-4-7-25(30)33;1-14-8-15(9-22(31)27(14)38(3,35)36)18-6-7-32-13-16(18)10-24(34)23-5-4-19(28)26(33-23)25-20(29)11-17(37-2)12-21(25)30;1-13-8-14(9-21(31)26(13)37(2,35)36)16-6-7-32-12-15(16)10-22(34)25-20(30)11-19(29)24(33-25)23-17(27)4-3-5-18(23)28;1-13-8-14(9-19(27)23(13)34(2,31)32)16-6-7-28-11-15(16)10-21(30)20-12-33-24(29-20)22-17(25)4-3-5-18(22)26/h2-12,17-19,23,27H,13-16,35H2,1H3;4-7,11-15,22,27H,8-10,31H2,1-3H3;3-7,11-14,21,26H,8-10,30-31H2,1-2H3;3-7,11-14,19,23H,8-10,27H2,1-2H3/t18-,19+,23-,27+;14-,15+,22+,27-;13-,14+,21+,26-;13-,14+,19+,23-/m1000/s1. The molecule has 778 valence electrons. The van der Waals surface area contributed by atoms with Crippen molar-refractivity contribution in [2.45, 2.75) is 175 Å². The van der Waals surface area contributed by atoms with Crippen molar-refractivity contribution in [3.05, 3.63) is 338 Å². The zero-order chi connectivity index (χ0) is 107. The number of Topliss-reactive ketones (excluding diaryl/α,β-unsaturated/α-hetero) is 4. The highest BCUT2D eigenvalue weighted by molar-refractivity contribution is 7.92. The molecule has 0 amide bonds. The number of carbonyl (C=O) groups excluding carboxylic acids is 4. The number of ether oxygens (including phenoxy) is 1. The summed E-state index contributed by atoms with van der Waals surface area (Å²) in [6, 6.07) is 28.3. The van der Waals surface area contributed by atoms with E-state index >= 15 is 0 Å². The van der Waals surface area contributed by atoms with Gasteiger partial charge in [-0.25, -0.2) is 93.5 Å². The summed E-state index contributed by atoms with van der Waals surface area (Å²) in [7, 11) is -8.69. The summed E-state index contributed by atoms with van der Waals surface area (Å²) >= 11 is 1.00.